The zero-order valence-corrected chi connectivity index (χ0v) is 11.3. The average molecular weight is 245 g/mol. The Hall–Kier alpha value is -1.09. The Bertz CT molecular complexity index is 410. The molecule has 0 saturated carbocycles. The van der Waals surface area contributed by atoms with Crippen molar-refractivity contribution in [2.45, 2.75) is 38.5 Å². The van der Waals surface area contributed by atoms with Crippen LogP contribution in [0.4, 0.5) is 5.82 Å². The molecule has 0 bridgehead atoms. The predicted molar refractivity (Wildman–Crippen MR) is 75.3 cm³/mol. The molecule has 1 fully saturated rings. The van der Waals surface area contributed by atoms with Crippen molar-refractivity contribution >= 4 is 5.82 Å². The van der Waals surface area contributed by atoms with Crippen LogP contribution >= 0.6 is 0 Å². The first-order chi connectivity index (χ1) is 8.84. The Labute approximate surface area is 110 Å². The summed E-state index contributed by atoms with van der Waals surface area (Å²) in [6, 6.07) is 4.53. The number of hydrogen-bond acceptors (Lipinski definition) is 3. The first-order valence-corrected chi connectivity index (χ1v) is 7.30. The SMILES string of the molecule is C[C@H]1CNCCc2ccc(N3CCCCC3)nc21. The summed E-state index contributed by atoms with van der Waals surface area (Å²) in [6.45, 7) is 6.78. The van der Waals surface area contributed by atoms with Crippen LogP contribution in [0, 0.1) is 0 Å². The summed E-state index contributed by atoms with van der Waals surface area (Å²) in [7, 11) is 0. The number of nitrogens with one attached hydrogen (secondary N) is 1. The lowest BCUT2D eigenvalue weighted by atomic mass is 10.0. The maximum Gasteiger partial charge on any atom is 0.128 e. The Morgan fingerprint density at radius 2 is 2.06 bits per heavy atom. The van der Waals surface area contributed by atoms with Crippen molar-refractivity contribution in [2.24, 2.45) is 0 Å². The summed E-state index contributed by atoms with van der Waals surface area (Å²) in [5.74, 6) is 1.73. The van der Waals surface area contributed by atoms with E-state index >= 15 is 0 Å². The quantitative estimate of drug-likeness (QED) is 0.823. The standard InChI is InChI=1S/C15H23N3/c1-12-11-16-8-7-13-5-6-14(17-15(12)13)18-9-3-2-4-10-18/h5-6,12,16H,2-4,7-11H2,1H3/t12-/m0/s1. The fraction of sp³-hybridized carbons (Fsp3) is 0.667. The summed E-state index contributed by atoms with van der Waals surface area (Å²) in [4.78, 5) is 7.42. The van der Waals surface area contributed by atoms with Crippen LogP contribution < -0.4 is 10.2 Å². The molecule has 3 nitrogen and oxygen atoms in total. The van der Waals surface area contributed by atoms with Crippen LogP contribution in [0.3, 0.4) is 0 Å². The van der Waals surface area contributed by atoms with E-state index in [0.29, 0.717) is 5.92 Å². The highest BCUT2D eigenvalue weighted by molar-refractivity contribution is 5.43. The summed E-state index contributed by atoms with van der Waals surface area (Å²) in [5, 5.41) is 3.49. The highest BCUT2D eigenvalue weighted by Crippen LogP contribution is 2.25. The second-order valence-electron chi connectivity index (χ2n) is 5.62. The molecule has 1 aromatic rings. The van der Waals surface area contributed by atoms with E-state index in [4.69, 9.17) is 4.98 Å². The van der Waals surface area contributed by atoms with E-state index in [-0.39, 0.29) is 0 Å². The van der Waals surface area contributed by atoms with E-state index < -0.39 is 0 Å². The summed E-state index contributed by atoms with van der Waals surface area (Å²) >= 11 is 0. The van der Waals surface area contributed by atoms with Crippen molar-refractivity contribution in [1.29, 1.82) is 0 Å². The van der Waals surface area contributed by atoms with Gasteiger partial charge < -0.3 is 10.2 Å². The van der Waals surface area contributed by atoms with Gasteiger partial charge in [0.25, 0.3) is 0 Å². The molecule has 1 aromatic heterocycles. The van der Waals surface area contributed by atoms with Gasteiger partial charge in [-0.2, -0.15) is 0 Å². The first-order valence-electron chi connectivity index (χ1n) is 7.30. The van der Waals surface area contributed by atoms with Gasteiger partial charge in [0.15, 0.2) is 0 Å². The van der Waals surface area contributed by atoms with Crippen molar-refractivity contribution < 1.29 is 0 Å². The number of pyridine rings is 1. The van der Waals surface area contributed by atoms with Gasteiger partial charge in [0, 0.05) is 25.6 Å². The minimum Gasteiger partial charge on any atom is -0.357 e. The zero-order chi connectivity index (χ0) is 12.4. The molecular formula is C15H23N3. The largest absolute Gasteiger partial charge is 0.357 e. The lowest BCUT2D eigenvalue weighted by Gasteiger charge is -2.28. The molecule has 0 aromatic carbocycles. The van der Waals surface area contributed by atoms with Crippen molar-refractivity contribution in [1.82, 2.24) is 10.3 Å². The van der Waals surface area contributed by atoms with Gasteiger partial charge in [0.05, 0.1) is 5.69 Å². The lowest BCUT2D eigenvalue weighted by molar-refractivity contribution is 0.571. The van der Waals surface area contributed by atoms with Crippen molar-refractivity contribution in [3.63, 3.8) is 0 Å². The smallest absolute Gasteiger partial charge is 0.128 e. The number of hydrogen-bond donors (Lipinski definition) is 1. The van der Waals surface area contributed by atoms with Crippen LogP contribution in [-0.4, -0.2) is 31.2 Å². The molecule has 0 radical (unpaired) electrons. The van der Waals surface area contributed by atoms with Crippen LogP contribution in [0.5, 0.6) is 0 Å². The molecule has 1 saturated heterocycles. The van der Waals surface area contributed by atoms with Crippen molar-refractivity contribution in [3.8, 4) is 0 Å². The van der Waals surface area contributed by atoms with Gasteiger partial charge in [-0.1, -0.05) is 13.0 Å². The topological polar surface area (TPSA) is 28.2 Å². The maximum atomic E-state index is 4.96. The number of aromatic nitrogens is 1. The van der Waals surface area contributed by atoms with E-state index in [1.807, 2.05) is 0 Å². The third-order valence-electron chi connectivity index (χ3n) is 4.17. The fourth-order valence-electron chi connectivity index (χ4n) is 3.07. The molecule has 98 valence electrons. The number of piperidine rings is 1. The number of anilines is 1. The van der Waals surface area contributed by atoms with Gasteiger partial charge >= 0.3 is 0 Å². The highest BCUT2D eigenvalue weighted by Gasteiger charge is 2.19. The molecule has 0 aliphatic carbocycles. The Morgan fingerprint density at radius 1 is 1.22 bits per heavy atom. The molecule has 0 unspecified atom stereocenters. The highest BCUT2D eigenvalue weighted by atomic mass is 15.2. The Balaban J connectivity index is 1.88. The molecule has 0 spiro atoms. The fourth-order valence-corrected chi connectivity index (χ4v) is 3.07. The third kappa shape index (κ3) is 2.37. The number of nitrogens with zero attached hydrogens (tertiary/aromatic N) is 2. The molecule has 2 aliphatic rings. The Kier molecular flexibility index (Phi) is 3.50. The number of rotatable bonds is 1. The minimum absolute atomic E-state index is 0.534. The van der Waals surface area contributed by atoms with E-state index in [2.05, 4.69) is 29.3 Å². The van der Waals surface area contributed by atoms with Gasteiger partial charge in [0.1, 0.15) is 5.82 Å². The van der Waals surface area contributed by atoms with Gasteiger partial charge in [-0.05, 0) is 43.9 Å². The molecule has 0 amide bonds. The minimum atomic E-state index is 0.534. The first kappa shape index (κ1) is 12.0. The van der Waals surface area contributed by atoms with Crippen LogP contribution in [0.1, 0.15) is 43.4 Å². The molecule has 3 rings (SSSR count). The molecule has 18 heavy (non-hydrogen) atoms. The van der Waals surface area contributed by atoms with E-state index in [9.17, 15) is 0 Å². The molecule has 1 N–H and O–H groups in total. The van der Waals surface area contributed by atoms with Crippen LogP contribution in [0.2, 0.25) is 0 Å². The third-order valence-corrected chi connectivity index (χ3v) is 4.17. The summed E-state index contributed by atoms with van der Waals surface area (Å²) < 4.78 is 0. The molecule has 1 atom stereocenters. The van der Waals surface area contributed by atoms with Crippen LogP contribution in [0.15, 0.2) is 12.1 Å². The van der Waals surface area contributed by atoms with Crippen molar-refractivity contribution in [3.05, 3.63) is 23.4 Å². The predicted octanol–water partition coefficient (Wildman–Crippen LogP) is 2.32. The monoisotopic (exact) mass is 245 g/mol. The van der Waals surface area contributed by atoms with Gasteiger partial charge in [-0.15, -0.1) is 0 Å². The normalized spacial score (nSPS) is 24.5. The summed E-state index contributed by atoms with van der Waals surface area (Å²) in [5.41, 5.74) is 2.76. The lowest BCUT2D eigenvalue weighted by Crippen LogP contribution is -2.30. The van der Waals surface area contributed by atoms with E-state index in [1.165, 1.54) is 49.4 Å². The van der Waals surface area contributed by atoms with Crippen LogP contribution in [-0.2, 0) is 6.42 Å². The molecular weight excluding hydrogens is 222 g/mol. The molecule has 3 heteroatoms. The van der Waals surface area contributed by atoms with Crippen LogP contribution in [0.25, 0.3) is 0 Å². The number of fused-ring (bicyclic) bond motifs is 1. The van der Waals surface area contributed by atoms with Gasteiger partial charge in [-0.25, -0.2) is 4.98 Å². The molecule has 3 heterocycles. The Morgan fingerprint density at radius 3 is 2.89 bits per heavy atom. The van der Waals surface area contributed by atoms with Gasteiger partial charge in [-0.3, -0.25) is 0 Å². The van der Waals surface area contributed by atoms with Gasteiger partial charge in [0.2, 0.25) is 0 Å². The van der Waals surface area contributed by atoms with E-state index in [0.717, 1.165) is 19.5 Å². The summed E-state index contributed by atoms with van der Waals surface area (Å²) in [6.07, 6.45) is 5.13. The van der Waals surface area contributed by atoms with E-state index in [1.54, 1.807) is 0 Å². The maximum absolute atomic E-state index is 4.96. The second-order valence-corrected chi connectivity index (χ2v) is 5.62. The second kappa shape index (κ2) is 5.27. The van der Waals surface area contributed by atoms with Crippen molar-refractivity contribution in [2.75, 3.05) is 31.1 Å². The average Bonchev–Trinajstić information content (AvgIpc) is 2.62. The zero-order valence-electron chi connectivity index (χ0n) is 11.3. The molecule has 2 aliphatic heterocycles.